The fourth-order valence-electron chi connectivity index (χ4n) is 4.67. The first-order chi connectivity index (χ1) is 20.2. The largest absolute Gasteiger partial charge is 0.0991 e. The Kier molecular flexibility index (Phi) is 10.5. The number of hydrogen-bond donors (Lipinski definition) is 0. The second kappa shape index (κ2) is 14.3. The van der Waals surface area contributed by atoms with Crippen LogP contribution in [-0.4, -0.2) is 0 Å². The van der Waals surface area contributed by atoms with Gasteiger partial charge in [0.15, 0.2) is 0 Å². The lowest BCUT2D eigenvalue weighted by atomic mass is 9.84. The summed E-state index contributed by atoms with van der Waals surface area (Å²) in [7, 11) is 0. The summed E-state index contributed by atoms with van der Waals surface area (Å²) in [6.45, 7) is 41.1. The molecule has 0 aromatic heterocycles. The maximum Gasteiger partial charge on any atom is -0.00321 e. The predicted octanol–water partition coefficient (Wildman–Crippen LogP) is 12.1. The van der Waals surface area contributed by atoms with Crippen LogP contribution in [-0.2, 0) is 0 Å². The van der Waals surface area contributed by atoms with E-state index in [0.29, 0.717) is 0 Å². The summed E-state index contributed by atoms with van der Waals surface area (Å²) in [4.78, 5) is 0. The molecular formula is C42H38. The maximum atomic E-state index is 4.49. The van der Waals surface area contributed by atoms with E-state index in [1.54, 1.807) is 12.2 Å². The normalized spacial score (nSPS) is 11.4. The van der Waals surface area contributed by atoms with Crippen LogP contribution in [0.5, 0.6) is 0 Å². The third-order valence-corrected chi connectivity index (χ3v) is 6.97. The summed E-state index contributed by atoms with van der Waals surface area (Å²) >= 11 is 0. The van der Waals surface area contributed by atoms with Gasteiger partial charge in [-0.2, -0.15) is 0 Å². The number of allylic oxidation sites excluding steroid dienone is 16. The van der Waals surface area contributed by atoms with E-state index in [1.807, 2.05) is 72.9 Å². The van der Waals surface area contributed by atoms with Crippen molar-refractivity contribution in [2.45, 2.75) is 0 Å². The summed E-state index contributed by atoms with van der Waals surface area (Å²) in [6, 6.07) is 12.6. The van der Waals surface area contributed by atoms with Crippen molar-refractivity contribution in [1.82, 2.24) is 0 Å². The molecule has 0 radical (unpaired) electrons. The fourth-order valence-corrected chi connectivity index (χ4v) is 4.67. The van der Waals surface area contributed by atoms with Gasteiger partial charge in [0.1, 0.15) is 0 Å². The summed E-state index contributed by atoms with van der Waals surface area (Å²) in [5.74, 6) is 0. The molecule has 0 heteroatoms. The van der Waals surface area contributed by atoms with Gasteiger partial charge >= 0.3 is 0 Å². The van der Waals surface area contributed by atoms with Gasteiger partial charge in [-0.25, -0.2) is 0 Å². The molecule has 0 unspecified atom stereocenters. The van der Waals surface area contributed by atoms with E-state index in [9.17, 15) is 0 Å². The van der Waals surface area contributed by atoms with Crippen LogP contribution in [0.3, 0.4) is 0 Å². The number of fused-ring (bicyclic) bond motifs is 2. The number of rotatable bonds is 14. The van der Waals surface area contributed by atoms with Gasteiger partial charge in [-0.1, -0.05) is 163 Å². The van der Waals surface area contributed by atoms with Crippen LogP contribution in [0.1, 0.15) is 22.3 Å². The molecule has 206 valence electrons. The highest BCUT2D eigenvalue weighted by molar-refractivity contribution is 6.18. The van der Waals surface area contributed by atoms with Gasteiger partial charge in [0.2, 0.25) is 0 Å². The highest BCUT2D eigenvalue weighted by Gasteiger charge is 2.17. The zero-order valence-corrected chi connectivity index (χ0v) is 24.5. The lowest BCUT2D eigenvalue weighted by Gasteiger charge is -2.19. The zero-order chi connectivity index (χ0) is 30.8. The molecule has 0 amide bonds. The molecule has 3 rings (SSSR count). The molecule has 0 saturated carbocycles. The van der Waals surface area contributed by atoms with E-state index in [-0.39, 0.29) is 0 Å². The Bertz CT molecular complexity index is 1680. The molecule has 0 bridgehead atoms. The van der Waals surface area contributed by atoms with Crippen molar-refractivity contribution < 1.29 is 0 Å². The Hall–Kier alpha value is -5.46. The quantitative estimate of drug-likeness (QED) is 0.140. The van der Waals surface area contributed by atoms with Crippen molar-refractivity contribution in [2.75, 3.05) is 0 Å². The third-order valence-electron chi connectivity index (χ3n) is 6.97. The molecule has 0 N–H and O–H groups in total. The monoisotopic (exact) mass is 542 g/mol. The van der Waals surface area contributed by atoms with Crippen molar-refractivity contribution in [3.05, 3.63) is 207 Å². The Morgan fingerprint density at radius 2 is 0.810 bits per heavy atom. The Morgan fingerprint density at radius 3 is 1.14 bits per heavy atom. The van der Waals surface area contributed by atoms with Crippen molar-refractivity contribution in [3.63, 3.8) is 0 Å². The number of benzene rings is 3. The maximum absolute atomic E-state index is 4.49. The van der Waals surface area contributed by atoms with Crippen LogP contribution in [0.25, 0.3) is 44.8 Å². The smallest absolute Gasteiger partial charge is 0.00321 e. The van der Waals surface area contributed by atoms with E-state index in [0.717, 1.165) is 77.2 Å². The Labute approximate surface area is 251 Å². The van der Waals surface area contributed by atoms with Gasteiger partial charge in [0.25, 0.3) is 0 Å². The number of hydrogen-bond acceptors (Lipinski definition) is 0. The molecule has 0 saturated heterocycles. The lowest BCUT2D eigenvalue weighted by molar-refractivity contribution is 1.59. The van der Waals surface area contributed by atoms with E-state index < -0.39 is 0 Å². The molecule has 0 aliphatic carbocycles. The average molecular weight is 543 g/mol. The highest BCUT2D eigenvalue weighted by atomic mass is 14.2. The summed E-state index contributed by atoms with van der Waals surface area (Å²) < 4.78 is 0. The van der Waals surface area contributed by atoms with Crippen LogP contribution < -0.4 is 0 Å². The van der Waals surface area contributed by atoms with E-state index >= 15 is 0 Å². The summed E-state index contributed by atoms with van der Waals surface area (Å²) in [5, 5.41) is 4.22. The van der Waals surface area contributed by atoms with Crippen molar-refractivity contribution in [1.29, 1.82) is 0 Å². The molecule has 3 aromatic carbocycles. The molecule has 0 heterocycles. The van der Waals surface area contributed by atoms with E-state index in [1.165, 1.54) is 0 Å². The Morgan fingerprint density at radius 1 is 0.452 bits per heavy atom. The molecule has 3 aromatic rings. The first kappa shape index (κ1) is 31.1. The van der Waals surface area contributed by atoms with Crippen LogP contribution in [0.15, 0.2) is 185 Å². The summed E-state index contributed by atoms with van der Waals surface area (Å²) in [6.07, 6.45) is 22.5. The molecule has 0 atom stereocenters. The van der Waals surface area contributed by atoms with Gasteiger partial charge in [-0.05, 0) is 89.4 Å². The van der Waals surface area contributed by atoms with Crippen molar-refractivity contribution in [3.8, 4) is 0 Å². The predicted molar refractivity (Wildman–Crippen MR) is 193 cm³/mol. The molecule has 42 heavy (non-hydrogen) atoms. The zero-order valence-electron chi connectivity index (χ0n) is 24.5. The van der Waals surface area contributed by atoms with Crippen LogP contribution in [0, 0.1) is 0 Å². The van der Waals surface area contributed by atoms with Crippen LogP contribution in [0.4, 0.5) is 0 Å². The van der Waals surface area contributed by atoms with Crippen molar-refractivity contribution >= 4 is 44.8 Å². The molecular weight excluding hydrogens is 504 g/mol. The van der Waals surface area contributed by atoms with Gasteiger partial charge in [-0.15, -0.1) is 0 Å². The molecule has 0 aliphatic heterocycles. The molecule has 0 nitrogen and oxygen atoms in total. The first-order valence-corrected chi connectivity index (χ1v) is 13.5. The van der Waals surface area contributed by atoms with E-state index in [2.05, 4.69) is 90.1 Å². The first-order valence-electron chi connectivity index (χ1n) is 13.5. The molecule has 0 fully saturated rings. The minimum Gasteiger partial charge on any atom is -0.0991 e. The minimum absolute atomic E-state index is 0.795. The Balaban J connectivity index is 2.30. The SMILES string of the molecule is C=CC=CC(=C)C(=C)C=CC(=C)c1c2ccccc2c(C(=C)C=CC(=C)C(=C)C=CC=C)c2cc(C=C)c(C=C)cc12. The van der Waals surface area contributed by atoms with Gasteiger partial charge < -0.3 is 0 Å². The van der Waals surface area contributed by atoms with Gasteiger partial charge in [0.05, 0.1) is 0 Å². The fraction of sp³-hybridized carbons (Fsp3) is 0. The molecule has 0 spiro atoms. The highest BCUT2D eigenvalue weighted by Crippen LogP contribution is 2.41. The second-order valence-corrected chi connectivity index (χ2v) is 9.74. The van der Waals surface area contributed by atoms with Gasteiger partial charge in [0, 0.05) is 0 Å². The summed E-state index contributed by atoms with van der Waals surface area (Å²) in [5.41, 5.74) is 8.95. The standard InChI is InChI=1S/C42H38/c1-11-15-19-29(5)31(7)23-25-33(9)41-37-21-17-18-22-38(37)42(34(10)26-24-32(8)30(6)20-16-12-2)40-28-36(14-4)35(13-3)27-39(40)41/h11-28H,1-10H2. The van der Waals surface area contributed by atoms with Gasteiger partial charge in [-0.3, -0.25) is 0 Å². The molecule has 0 aliphatic rings. The van der Waals surface area contributed by atoms with Crippen molar-refractivity contribution in [2.24, 2.45) is 0 Å². The van der Waals surface area contributed by atoms with Crippen LogP contribution >= 0.6 is 0 Å². The second-order valence-electron chi connectivity index (χ2n) is 9.74. The van der Waals surface area contributed by atoms with Crippen LogP contribution in [0.2, 0.25) is 0 Å². The third kappa shape index (κ3) is 6.81. The lowest BCUT2D eigenvalue weighted by Crippen LogP contribution is -1.96. The minimum atomic E-state index is 0.795. The van der Waals surface area contributed by atoms with E-state index in [4.69, 9.17) is 0 Å². The average Bonchev–Trinajstić information content (AvgIpc) is 3.01. The topological polar surface area (TPSA) is 0 Å².